The van der Waals surface area contributed by atoms with Gasteiger partial charge in [0.15, 0.2) is 0 Å². The lowest BCUT2D eigenvalue weighted by Gasteiger charge is -2.20. The van der Waals surface area contributed by atoms with Gasteiger partial charge in [-0.3, -0.25) is 9.48 Å². The van der Waals surface area contributed by atoms with E-state index in [4.69, 9.17) is 0 Å². The van der Waals surface area contributed by atoms with E-state index in [1.165, 1.54) is 0 Å². The van der Waals surface area contributed by atoms with Crippen molar-refractivity contribution in [3.8, 4) is 0 Å². The average molecular weight is 244 g/mol. The summed E-state index contributed by atoms with van der Waals surface area (Å²) in [5.74, 6) is -0.850. The minimum Gasteiger partial charge on any atom is -0.481 e. The van der Waals surface area contributed by atoms with E-state index in [1.54, 1.807) is 30.8 Å². The molecule has 1 aromatic heterocycles. The van der Waals surface area contributed by atoms with Gasteiger partial charge in [0.05, 0.1) is 12.2 Å². The third kappa shape index (κ3) is 2.27. The molecular formula is C14H16N2O2. The van der Waals surface area contributed by atoms with Crippen molar-refractivity contribution in [2.45, 2.75) is 25.8 Å². The second-order valence-corrected chi connectivity index (χ2v) is 4.79. The summed E-state index contributed by atoms with van der Waals surface area (Å²) >= 11 is 0. The lowest BCUT2D eigenvalue weighted by atomic mass is 9.89. The molecule has 0 aliphatic rings. The number of carboxylic acids is 1. The predicted molar refractivity (Wildman–Crippen MR) is 68.4 cm³/mol. The smallest absolute Gasteiger partial charge is 0.315 e. The fourth-order valence-electron chi connectivity index (χ4n) is 1.86. The Bertz CT molecular complexity index is 544. The van der Waals surface area contributed by atoms with Crippen molar-refractivity contribution in [3.63, 3.8) is 0 Å². The van der Waals surface area contributed by atoms with Crippen LogP contribution in [0.25, 0.3) is 0 Å². The third-order valence-corrected chi connectivity index (χ3v) is 3.07. The SMILES string of the molecule is CC(C)(C(=O)O)c1ccnn1Cc1ccccc1. The van der Waals surface area contributed by atoms with Crippen LogP contribution in [0.15, 0.2) is 42.6 Å². The van der Waals surface area contributed by atoms with Gasteiger partial charge in [-0.25, -0.2) is 0 Å². The monoisotopic (exact) mass is 244 g/mol. The van der Waals surface area contributed by atoms with E-state index >= 15 is 0 Å². The van der Waals surface area contributed by atoms with Crippen molar-refractivity contribution in [2.24, 2.45) is 0 Å². The molecule has 2 rings (SSSR count). The standard InChI is InChI=1S/C14H16N2O2/c1-14(2,13(17)18)12-8-9-15-16(12)10-11-6-4-3-5-7-11/h3-9H,10H2,1-2H3,(H,17,18). The van der Waals surface area contributed by atoms with E-state index in [0.717, 1.165) is 5.56 Å². The molecule has 2 aromatic rings. The molecule has 18 heavy (non-hydrogen) atoms. The van der Waals surface area contributed by atoms with Gasteiger partial charge in [0.25, 0.3) is 0 Å². The molecule has 1 N–H and O–H groups in total. The fraction of sp³-hybridized carbons (Fsp3) is 0.286. The van der Waals surface area contributed by atoms with Gasteiger partial charge in [0.1, 0.15) is 5.41 Å². The Morgan fingerprint density at radius 3 is 2.56 bits per heavy atom. The minimum absolute atomic E-state index is 0.583. The first-order valence-corrected chi connectivity index (χ1v) is 5.81. The highest BCUT2D eigenvalue weighted by molar-refractivity contribution is 5.79. The first kappa shape index (κ1) is 12.4. The lowest BCUT2D eigenvalue weighted by molar-refractivity contribution is -0.142. The van der Waals surface area contributed by atoms with Crippen LogP contribution < -0.4 is 0 Å². The molecule has 0 atom stereocenters. The average Bonchev–Trinajstić information content (AvgIpc) is 2.79. The van der Waals surface area contributed by atoms with Crippen molar-refractivity contribution in [2.75, 3.05) is 0 Å². The summed E-state index contributed by atoms with van der Waals surface area (Å²) in [6, 6.07) is 11.6. The molecule has 94 valence electrons. The molecule has 0 unspecified atom stereocenters. The number of carbonyl (C=O) groups is 1. The maximum absolute atomic E-state index is 11.3. The summed E-state index contributed by atoms with van der Waals surface area (Å²) < 4.78 is 1.74. The van der Waals surface area contributed by atoms with Crippen molar-refractivity contribution in [1.29, 1.82) is 0 Å². The van der Waals surface area contributed by atoms with E-state index < -0.39 is 11.4 Å². The van der Waals surface area contributed by atoms with Gasteiger partial charge in [-0.1, -0.05) is 30.3 Å². The van der Waals surface area contributed by atoms with Crippen LogP contribution >= 0.6 is 0 Å². The second kappa shape index (κ2) is 4.64. The molecule has 0 saturated heterocycles. The first-order chi connectivity index (χ1) is 8.51. The quantitative estimate of drug-likeness (QED) is 0.897. The number of carboxylic acid groups (broad SMARTS) is 1. The van der Waals surface area contributed by atoms with Gasteiger partial charge in [0.2, 0.25) is 0 Å². The van der Waals surface area contributed by atoms with E-state index in [9.17, 15) is 9.90 Å². The molecule has 0 amide bonds. The Hall–Kier alpha value is -2.10. The Balaban J connectivity index is 2.32. The van der Waals surface area contributed by atoms with Gasteiger partial charge in [0, 0.05) is 6.20 Å². The Labute approximate surface area is 106 Å². The van der Waals surface area contributed by atoms with Gasteiger partial charge in [-0.2, -0.15) is 5.10 Å². The zero-order valence-electron chi connectivity index (χ0n) is 10.5. The van der Waals surface area contributed by atoms with Gasteiger partial charge < -0.3 is 5.11 Å². The van der Waals surface area contributed by atoms with Crippen LogP contribution in [-0.2, 0) is 16.8 Å². The van der Waals surface area contributed by atoms with Crippen molar-refractivity contribution in [1.82, 2.24) is 9.78 Å². The van der Waals surface area contributed by atoms with Gasteiger partial charge in [-0.15, -0.1) is 0 Å². The van der Waals surface area contributed by atoms with Gasteiger partial charge >= 0.3 is 5.97 Å². The molecule has 1 heterocycles. The molecule has 0 aliphatic carbocycles. The van der Waals surface area contributed by atoms with Crippen LogP contribution in [0.3, 0.4) is 0 Å². The highest BCUT2D eigenvalue weighted by Crippen LogP contribution is 2.23. The van der Waals surface area contributed by atoms with Crippen molar-refractivity contribution in [3.05, 3.63) is 53.9 Å². The van der Waals surface area contributed by atoms with Crippen LogP contribution in [0.4, 0.5) is 0 Å². The maximum atomic E-state index is 11.3. The number of hydrogen-bond donors (Lipinski definition) is 1. The normalized spacial score (nSPS) is 11.4. The molecule has 0 aliphatic heterocycles. The van der Waals surface area contributed by atoms with Crippen LogP contribution in [0, 0.1) is 0 Å². The highest BCUT2D eigenvalue weighted by Gasteiger charge is 2.32. The second-order valence-electron chi connectivity index (χ2n) is 4.79. The largest absolute Gasteiger partial charge is 0.481 e. The number of nitrogens with zero attached hydrogens (tertiary/aromatic N) is 2. The molecule has 0 fully saturated rings. The number of benzene rings is 1. The molecule has 0 bridgehead atoms. The third-order valence-electron chi connectivity index (χ3n) is 3.07. The number of hydrogen-bond acceptors (Lipinski definition) is 2. The van der Waals surface area contributed by atoms with Crippen molar-refractivity contribution >= 4 is 5.97 Å². The summed E-state index contributed by atoms with van der Waals surface area (Å²) in [5.41, 5.74) is 0.869. The summed E-state index contributed by atoms with van der Waals surface area (Å²) in [5, 5.41) is 13.5. The topological polar surface area (TPSA) is 55.1 Å². The van der Waals surface area contributed by atoms with E-state index in [-0.39, 0.29) is 0 Å². The lowest BCUT2D eigenvalue weighted by Crippen LogP contribution is -2.31. The summed E-state index contributed by atoms with van der Waals surface area (Å²) in [6.07, 6.45) is 1.64. The molecule has 0 saturated carbocycles. The fourth-order valence-corrected chi connectivity index (χ4v) is 1.86. The summed E-state index contributed by atoms with van der Waals surface area (Å²) in [7, 11) is 0. The molecule has 0 spiro atoms. The zero-order chi connectivity index (χ0) is 13.2. The van der Waals surface area contributed by atoms with Gasteiger partial charge in [-0.05, 0) is 25.5 Å². The summed E-state index contributed by atoms with van der Waals surface area (Å²) in [6.45, 7) is 3.96. The maximum Gasteiger partial charge on any atom is 0.315 e. The summed E-state index contributed by atoms with van der Waals surface area (Å²) in [4.78, 5) is 11.3. The Morgan fingerprint density at radius 1 is 1.28 bits per heavy atom. The molecule has 0 radical (unpaired) electrons. The molecule has 1 aromatic carbocycles. The van der Waals surface area contributed by atoms with E-state index in [0.29, 0.717) is 12.2 Å². The van der Waals surface area contributed by atoms with Crippen LogP contribution in [0.5, 0.6) is 0 Å². The molecular weight excluding hydrogens is 228 g/mol. The number of rotatable bonds is 4. The van der Waals surface area contributed by atoms with Crippen LogP contribution in [0.2, 0.25) is 0 Å². The predicted octanol–water partition coefficient (Wildman–Crippen LogP) is 2.29. The minimum atomic E-state index is -0.939. The Morgan fingerprint density at radius 2 is 1.94 bits per heavy atom. The zero-order valence-corrected chi connectivity index (χ0v) is 10.5. The highest BCUT2D eigenvalue weighted by atomic mass is 16.4. The van der Waals surface area contributed by atoms with Crippen molar-refractivity contribution < 1.29 is 9.90 Å². The van der Waals surface area contributed by atoms with Crippen LogP contribution in [0.1, 0.15) is 25.1 Å². The molecule has 4 heteroatoms. The molecule has 4 nitrogen and oxygen atoms in total. The number of aromatic nitrogens is 2. The van der Waals surface area contributed by atoms with E-state index in [1.807, 2.05) is 30.3 Å². The van der Waals surface area contributed by atoms with E-state index in [2.05, 4.69) is 5.10 Å². The Kier molecular flexibility index (Phi) is 3.19. The number of aliphatic carboxylic acids is 1. The first-order valence-electron chi connectivity index (χ1n) is 5.81. The van der Waals surface area contributed by atoms with Crippen LogP contribution in [-0.4, -0.2) is 20.9 Å².